The van der Waals surface area contributed by atoms with Gasteiger partial charge in [-0.1, -0.05) is 48.6 Å². The maximum Gasteiger partial charge on any atom is 0.291 e. The van der Waals surface area contributed by atoms with Gasteiger partial charge in [0.25, 0.3) is 5.56 Å². The molecule has 45 heavy (non-hydrogen) atoms. The first-order valence-electron chi connectivity index (χ1n) is 16.1. The van der Waals surface area contributed by atoms with E-state index >= 15 is 0 Å². The van der Waals surface area contributed by atoms with Crippen molar-refractivity contribution in [3.63, 3.8) is 0 Å². The van der Waals surface area contributed by atoms with E-state index in [0.717, 1.165) is 52.4 Å². The second-order valence-corrected chi connectivity index (χ2v) is 14.1. The summed E-state index contributed by atoms with van der Waals surface area (Å²) in [5.74, 6) is 4.29. The minimum absolute atomic E-state index is 0.0975. The topological polar surface area (TPSA) is 83.5 Å². The first kappa shape index (κ1) is 28.2. The number of hydrogen-bond donors (Lipinski definition) is 0. The van der Waals surface area contributed by atoms with E-state index in [0.29, 0.717) is 27.7 Å². The van der Waals surface area contributed by atoms with Crippen molar-refractivity contribution in [2.24, 2.45) is 17.8 Å². The zero-order valence-corrected chi connectivity index (χ0v) is 26.5. The SMILES string of the molecule is CCCOc1ccc(/C=C/c2nc3s/c(=C\c4cn(-c5ccccc5)nc4C45CC6CC(CC(C6)C4)C5)c(=O)n3n2)cc1OC. The van der Waals surface area contributed by atoms with Crippen LogP contribution in [0.4, 0.5) is 0 Å². The maximum atomic E-state index is 13.6. The number of rotatable bonds is 9. The fourth-order valence-corrected chi connectivity index (χ4v) is 9.28. The van der Waals surface area contributed by atoms with Crippen molar-refractivity contribution in [1.82, 2.24) is 24.4 Å². The number of hydrogen-bond acceptors (Lipinski definition) is 7. The zero-order valence-electron chi connectivity index (χ0n) is 25.7. The first-order valence-corrected chi connectivity index (χ1v) is 16.9. The molecule has 0 radical (unpaired) electrons. The number of aromatic nitrogens is 5. The fraction of sp³-hybridized carbons (Fsp3) is 0.389. The van der Waals surface area contributed by atoms with E-state index in [4.69, 9.17) is 14.6 Å². The summed E-state index contributed by atoms with van der Waals surface area (Å²) in [6, 6.07) is 16.1. The highest BCUT2D eigenvalue weighted by Gasteiger charge is 2.53. The number of fused-ring (bicyclic) bond motifs is 1. The highest BCUT2D eigenvalue weighted by molar-refractivity contribution is 7.15. The molecule has 230 valence electrons. The second-order valence-electron chi connectivity index (χ2n) is 13.1. The molecule has 0 N–H and O–H groups in total. The van der Waals surface area contributed by atoms with Gasteiger partial charge in [0, 0.05) is 17.2 Å². The quantitative estimate of drug-likeness (QED) is 0.192. The summed E-state index contributed by atoms with van der Waals surface area (Å²) in [5.41, 5.74) is 4.12. The van der Waals surface area contributed by atoms with Crippen molar-refractivity contribution in [3.8, 4) is 17.2 Å². The molecule has 4 aliphatic carbocycles. The summed E-state index contributed by atoms with van der Waals surface area (Å²) in [7, 11) is 1.63. The first-order chi connectivity index (χ1) is 22.0. The lowest BCUT2D eigenvalue weighted by Crippen LogP contribution is -2.49. The van der Waals surface area contributed by atoms with Crippen LogP contribution in [-0.4, -0.2) is 38.1 Å². The highest BCUT2D eigenvalue weighted by atomic mass is 32.1. The lowest BCUT2D eigenvalue weighted by Gasteiger charge is -2.56. The lowest BCUT2D eigenvalue weighted by molar-refractivity contribution is -0.00743. The lowest BCUT2D eigenvalue weighted by atomic mass is 9.48. The molecule has 4 bridgehead atoms. The molecule has 4 saturated carbocycles. The van der Waals surface area contributed by atoms with Crippen LogP contribution >= 0.6 is 11.3 Å². The Morgan fingerprint density at radius 3 is 2.42 bits per heavy atom. The normalized spacial score (nSPS) is 24.3. The average molecular weight is 620 g/mol. The van der Waals surface area contributed by atoms with Crippen molar-refractivity contribution in [2.45, 2.75) is 57.3 Å². The molecule has 9 heteroatoms. The second kappa shape index (κ2) is 11.3. The molecular formula is C36H37N5O3S. The third-order valence-electron chi connectivity index (χ3n) is 9.86. The largest absolute Gasteiger partial charge is 0.493 e. The predicted molar refractivity (Wildman–Crippen MR) is 177 cm³/mol. The maximum absolute atomic E-state index is 13.6. The Morgan fingerprint density at radius 2 is 1.73 bits per heavy atom. The van der Waals surface area contributed by atoms with Crippen molar-refractivity contribution in [3.05, 3.63) is 92.3 Å². The highest BCUT2D eigenvalue weighted by Crippen LogP contribution is 2.61. The summed E-state index contributed by atoms with van der Waals surface area (Å²) < 4.78 is 15.3. The molecule has 0 atom stereocenters. The van der Waals surface area contributed by atoms with E-state index in [1.165, 1.54) is 54.4 Å². The van der Waals surface area contributed by atoms with E-state index in [9.17, 15) is 4.79 Å². The Labute approximate surface area is 266 Å². The van der Waals surface area contributed by atoms with Crippen LogP contribution in [0, 0.1) is 17.8 Å². The Hall–Kier alpha value is -4.24. The van der Waals surface area contributed by atoms with Gasteiger partial charge in [-0.05, 0) is 105 Å². The van der Waals surface area contributed by atoms with E-state index in [2.05, 4.69) is 35.3 Å². The van der Waals surface area contributed by atoms with Crippen LogP contribution in [-0.2, 0) is 5.41 Å². The van der Waals surface area contributed by atoms with Gasteiger partial charge in [0.05, 0.1) is 29.6 Å². The molecule has 2 aromatic carbocycles. The van der Waals surface area contributed by atoms with Crippen LogP contribution in [0.1, 0.15) is 74.5 Å². The summed E-state index contributed by atoms with van der Waals surface area (Å²) in [5, 5.41) is 9.80. The average Bonchev–Trinajstić information content (AvgIpc) is 3.74. The van der Waals surface area contributed by atoms with Gasteiger partial charge in [-0.2, -0.15) is 14.6 Å². The Kier molecular flexibility index (Phi) is 7.08. The van der Waals surface area contributed by atoms with Gasteiger partial charge in [-0.15, -0.1) is 5.10 Å². The number of benzene rings is 2. The molecule has 0 unspecified atom stereocenters. The Bertz CT molecular complexity index is 1970. The smallest absolute Gasteiger partial charge is 0.291 e. The molecule has 3 aromatic heterocycles. The molecule has 0 amide bonds. The van der Waals surface area contributed by atoms with Crippen LogP contribution in [0.15, 0.2) is 59.5 Å². The van der Waals surface area contributed by atoms with E-state index in [1.54, 1.807) is 7.11 Å². The molecular weight excluding hydrogens is 582 g/mol. The molecule has 5 aromatic rings. The number of methoxy groups -OCH3 is 1. The zero-order chi connectivity index (χ0) is 30.5. The molecule has 0 saturated heterocycles. The minimum Gasteiger partial charge on any atom is -0.493 e. The number of para-hydroxylation sites is 1. The van der Waals surface area contributed by atoms with Gasteiger partial charge in [-0.3, -0.25) is 4.79 Å². The number of nitrogens with zero attached hydrogens (tertiary/aromatic N) is 5. The van der Waals surface area contributed by atoms with Crippen LogP contribution in [0.3, 0.4) is 0 Å². The van der Waals surface area contributed by atoms with Gasteiger partial charge in [0.2, 0.25) is 4.96 Å². The number of thiazole rings is 1. The summed E-state index contributed by atoms with van der Waals surface area (Å²) in [4.78, 5) is 18.9. The predicted octanol–water partition coefficient (Wildman–Crippen LogP) is 6.32. The van der Waals surface area contributed by atoms with Gasteiger partial charge < -0.3 is 9.47 Å². The number of ether oxygens (including phenoxy) is 2. The molecule has 0 spiro atoms. The third kappa shape index (κ3) is 5.17. The molecule has 4 aliphatic rings. The van der Waals surface area contributed by atoms with Crippen LogP contribution in [0.2, 0.25) is 0 Å². The molecule has 8 nitrogen and oxygen atoms in total. The van der Waals surface area contributed by atoms with Gasteiger partial charge >= 0.3 is 0 Å². The minimum atomic E-state index is -0.148. The van der Waals surface area contributed by atoms with Crippen molar-refractivity contribution < 1.29 is 9.47 Å². The molecule has 4 fully saturated rings. The van der Waals surface area contributed by atoms with Crippen LogP contribution in [0.5, 0.6) is 11.5 Å². The van der Waals surface area contributed by atoms with Gasteiger partial charge in [-0.25, -0.2) is 4.68 Å². The Balaban J connectivity index is 1.13. The van der Waals surface area contributed by atoms with Crippen molar-refractivity contribution >= 4 is 34.5 Å². The van der Waals surface area contributed by atoms with E-state index in [-0.39, 0.29) is 11.0 Å². The van der Waals surface area contributed by atoms with E-state index < -0.39 is 0 Å². The van der Waals surface area contributed by atoms with Crippen molar-refractivity contribution in [1.29, 1.82) is 0 Å². The van der Waals surface area contributed by atoms with Crippen LogP contribution < -0.4 is 19.6 Å². The van der Waals surface area contributed by atoms with Crippen molar-refractivity contribution in [2.75, 3.05) is 13.7 Å². The summed E-state index contributed by atoms with van der Waals surface area (Å²) >= 11 is 1.38. The summed E-state index contributed by atoms with van der Waals surface area (Å²) in [6.07, 6.45) is 16.6. The third-order valence-corrected chi connectivity index (χ3v) is 10.8. The standard InChI is InChI=1S/C36H37N5O3S/c1-3-13-44-29-11-9-23(17-30(29)43-2)10-12-32-37-35-41(38-32)34(42)31(45-35)18-27-22-40(28-7-5-4-6-8-28)39-33(27)36-19-24-14-25(20-36)16-26(15-24)21-36/h4-12,17-18,22,24-26H,3,13-16,19-21H2,1-2H3/b12-10+,31-18-. The molecule has 0 aliphatic heterocycles. The van der Waals surface area contributed by atoms with Gasteiger partial charge in [0.1, 0.15) is 0 Å². The van der Waals surface area contributed by atoms with Crippen LogP contribution in [0.25, 0.3) is 28.9 Å². The molecule has 3 heterocycles. The van der Waals surface area contributed by atoms with E-state index in [1.807, 2.05) is 59.3 Å². The van der Waals surface area contributed by atoms with Gasteiger partial charge in [0.15, 0.2) is 17.3 Å². The monoisotopic (exact) mass is 619 g/mol. The molecule has 9 rings (SSSR count). The fourth-order valence-electron chi connectivity index (χ4n) is 8.37. The summed E-state index contributed by atoms with van der Waals surface area (Å²) in [6.45, 7) is 2.71. The Morgan fingerprint density at radius 1 is 0.978 bits per heavy atom.